The molecule has 0 bridgehead atoms. The summed E-state index contributed by atoms with van der Waals surface area (Å²) in [4.78, 5) is 0. The molecule has 0 atom stereocenters. The van der Waals surface area contributed by atoms with E-state index in [9.17, 15) is 0 Å². The Hall–Kier alpha value is -2.02. The topological polar surface area (TPSA) is 4.93 Å². The van der Waals surface area contributed by atoms with Gasteiger partial charge in [-0.05, 0) is 35.6 Å². The van der Waals surface area contributed by atoms with Crippen molar-refractivity contribution in [2.45, 2.75) is 39.7 Å². The Bertz CT molecular complexity index is 732. The first-order valence-corrected chi connectivity index (χ1v) is 7.89. The van der Waals surface area contributed by atoms with Gasteiger partial charge in [0.2, 0.25) is 0 Å². The number of benzene rings is 2. The summed E-state index contributed by atoms with van der Waals surface area (Å²) in [7, 11) is 0. The molecular formula is C20H23N. The van der Waals surface area contributed by atoms with Crippen LogP contribution in [0.5, 0.6) is 0 Å². The van der Waals surface area contributed by atoms with Crippen molar-refractivity contribution in [2.24, 2.45) is 0 Å². The molecule has 21 heavy (non-hydrogen) atoms. The molecule has 2 aromatic carbocycles. The summed E-state index contributed by atoms with van der Waals surface area (Å²) >= 11 is 0. The molecule has 108 valence electrons. The SMILES string of the molecule is CCCn1c(-c2ccc(C(C)C)cc2)cc2ccccc21. The van der Waals surface area contributed by atoms with Gasteiger partial charge in [0.1, 0.15) is 0 Å². The van der Waals surface area contributed by atoms with Crippen LogP contribution in [0, 0.1) is 0 Å². The van der Waals surface area contributed by atoms with Crippen molar-refractivity contribution < 1.29 is 0 Å². The van der Waals surface area contributed by atoms with Gasteiger partial charge < -0.3 is 4.57 Å². The second-order valence-corrected chi connectivity index (χ2v) is 6.02. The third kappa shape index (κ3) is 2.61. The highest BCUT2D eigenvalue weighted by atomic mass is 15.0. The van der Waals surface area contributed by atoms with Crippen molar-refractivity contribution in [3.8, 4) is 11.3 Å². The van der Waals surface area contributed by atoms with Gasteiger partial charge in [0.15, 0.2) is 0 Å². The summed E-state index contributed by atoms with van der Waals surface area (Å²) in [6.45, 7) is 7.78. The summed E-state index contributed by atoms with van der Waals surface area (Å²) in [6, 6.07) is 20.0. The fraction of sp³-hybridized carbons (Fsp3) is 0.300. The average Bonchev–Trinajstić information content (AvgIpc) is 2.87. The van der Waals surface area contributed by atoms with Gasteiger partial charge in [-0.3, -0.25) is 0 Å². The molecule has 0 amide bonds. The van der Waals surface area contributed by atoms with Gasteiger partial charge in [-0.2, -0.15) is 0 Å². The van der Waals surface area contributed by atoms with Gasteiger partial charge in [0.25, 0.3) is 0 Å². The second-order valence-electron chi connectivity index (χ2n) is 6.02. The molecule has 1 aromatic heterocycles. The standard InChI is InChI=1S/C20H23N/c1-4-13-21-19-8-6-5-7-18(19)14-20(21)17-11-9-16(10-12-17)15(2)3/h5-12,14-15H,4,13H2,1-3H3. The normalized spacial score (nSPS) is 11.4. The van der Waals surface area contributed by atoms with Crippen molar-refractivity contribution in [3.63, 3.8) is 0 Å². The number of aryl methyl sites for hydroxylation is 1. The van der Waals surface area contributed by atoms with E-state index in [2.05, 4.69) is 79.9 Å². The highest BCUT2D eigenvalue weighted by molar-refractivity contribution is 5.87. The number of nitrogens with zero attached hydrogens (tertiary/aromatic N) is 1. The zero-order valence-corrected chi connectivity index (χ0v) is 13.1. The molecule has 0 aliphatic carbocycles. The first-order valence-electron chi connectivity index (χ1n) is 7.89. The molecule has 0 fully saturated rings. The minimum atomic E-state index is 0.584. The molecule has 3 rings (SSSR count). The summed E-state index contributed by atoms with van der Waals surface area (Å²) in [6.07, 6.45) is 1.15. The van der Waals surface area contributed by atoms with E-state index >= 15 is 0 Å². The summed E-state index contributed by atoms with van der Waals surface area (Å²) in [5.74, 6) is 0.584. The zero-order valence-electron chi connectivity index (χ0n) is 13.1. The molecule has 1 heterocycles. The lowest BCUT2D eigenvalue weighted by Gasteiger charge is -2.11. The Morgan fingerprint density at radius 3 is 2.33 bits per heavy atom. The van der Waals surface area contributed by atoms with E-state index in [4.69, 9.17) is 0 Å². The minimum Gasteiger partial charge on any atom is -0.341 e. The first-order chi connectivity index (χ1) is 10.2. The van der Waals surface area contributed by atoms with E-state index < -0.39 is 0 Å². The van der Waals surface area contributed by atoms with Crippen molar-refractivity contribution in [3.05, 3.63) is 60.2 Å². The van der Waals surface area contributed by atoms with Crippen LogP contribution in [0.2, 0.25) is 0 Å². The maximum absolute atomic E-state index is 2.44. The largest absolute Gasteiger partial charge is 0.341 e. The predicted octanol–water partition coefficient (Wildman–Crippen LogP) is 5.84. The van der Waals surface area contributed by atoms with Crippen molar-refractivity contribution >= 4 is 10.9 Å². The van der Waals surface area contributed by atoms with Crippen LogP contribution in [0.4, 0.5) is 0 Å². The lowest BCUT2D eigenvalue weighted by Crippen LogP contribution is -1.99. The highest BCUT2D eigenvalue weighted by Gasteiger charge is 2.10. The number of aromatic nitrogens is 1. The number of fused-ring (bicyclic) bond motifs is 1. The van der Waals surface area contributed by atoms with Crippen LogP contribution < -0.4 is 0 Å². The molecule has 3 aromatic rings. The fourth-order valence-corrected chi connectivity index (χ4v) is 2.95. The Morgan fingerprint density at radius 1 is 0.952 bits per heavy atom. The van der Waals surface area contributed by atoms with Crippen molar-refractivity contribution in [1.82, 2.24) is 4.57 Å². The molecule has 1 nitrogen and oxygen atoms in total. The fourth-order valence-electron chi connectivity index (χ4n) is 2.95. The Labute approximate surface area is 127 Å². The number of hydrogen-bond donors (Lipinski definition) is 0. The Kier molecular flexibility index (Phi) is 3.83. The van der Waals surface area contributed by atoms with Gasteiger partial charge in [0.05, 0.1) is 0 Å². The molecule has 0 radical (unpaired) electrons. The molecule has 0 aliphatic rings. The maximum Gasteiger partial charge on any atom is 0.0491 e. The smallest absolute Gasteiger partial charge is 0.0491 e. The molecule has 0 N–H and O–H groups in total. The quantitative estimate of drug-likeness (QED) is 0.564. The molecular weight excluding hydrogens is 254 g/mol. The van der Waals surface area contributed by atoms with E-state index in [0.29, 0.717) is 5.92 Å². The van der Waals surface area contributed by atoms with Crippen molar-refractivity contribution in [2.75, 3.05) is 0 Å². The van der Waals surface area contributed by atoms with Crippen LogP contribution >= 0.6 is 0 Å². The lowest BCUT2D eigenvalue weighted by molar-refractivity contribution is 0.709. The summed E-state index contributed by atoms with van der Waals surface area (Å²) in [5, 5.41) is 1.33. The van der Waals surface area contributed by atoms with E-state index in [1.807, 2.05) is 0 Å². The molecule has 0 unspecified atom stereocenters. The number of para-hydroxylation sites is 1. The van der Waals surface area contributed by atoms with Gasteiger partial charge in [-0.25, -0.2) is 0 Å². The molecule has 1 heteroatoms. The van der Waals surface area contributed by atoms with Gasteiger partial charge >= 0.3 is 0 Å². The first kappa shape index (κ1) is 13.9. The average molecular weight is 277 g/mol. The van der Waals surface area contributed by atoms with Crippen LogP contribution in [0.25, 0.3) is 22.2 Å². The molecule has 0 aliphatic heterocycles. The molecule has 0 spiro atoms. The van der Waals surface area contributed by atoms with Crippen LogP contribution in [0.3, 0.4) is 0 Å². The number of hydrogen-bond acceptors (Lipinski definition) is 0. The van der Waals surface area contributed by atoms with Crippen LogP contribution in [-0.4, -0.2) is 4.57 Å². The van der Waals surface area contributed by atoms with Crippen LogP contribution in [0.1, 0.15) is 38.7 Å². The molecule has 0 saturated heterocycles. The van der Waals surface area contributed by atoms with E-state index in [1.165, 1.54) is 27.7 Å². The highest BCUT2D eigenvalue weighted by Crippen LogP contribution is 2.29. The second kappa shape index (κ2) is 5.77. The maximum atomic E-state index is 2.44. The Balaban J connectivity index is 2.12. The third-order valence-corrected chi connectivity index (χ3v) is 4.13. The monoisotopic (exact) mass is 277 g/mol. The van der Waals surface area contributed by atoms with Gasteiger partial charge in [-0.15, -0.1) is 0 Å². The third-order valence-electron chi connectivity index (χ3n) is 4.13. The lowest BCUT2D eigenvalue weighted by atomic mass is 10.0. The number of rotatable bonds is 4. The minimum absolute atomic E-state index is 0.584. The predicted molar refractivity (Wildman–Crippen MR) is 91.8 cm³/mol. The molecule has 0 saturated carbocycles. The van der Waals surface area contributed by atoms with E-state index in [-0.39, 0.29) is 0 Å². The Morgan fingerprint density at radius 2 is 1.67 bits per heavy atom. The van der Waals surface area contributed by atoms with E-state index in [1.54, 1.807) is 0 Å². The van der Waals surface area contributed by atoms with Crippen LogP contribution in [-0.2, 0) is 6.54 Å². The zero-order chi connectivity index (χ0) is 14.8. The van der Waals surface area contributed by atoms with Gasteiger partial charge in [-0.1, -0.05) is 63.2 Å². The van der Waals surface area contributed by atoms with E-state index in [0.717, 1.165) is 13.0 Å². The summed E-state index contributed by atoms with van der Waals surface area (Å²) < 4.78 is 2.44. The summed E-state index contributed by atoms with van der Waals surface area (Å²) in [5.41, 5.74) is 5.37. The van der Waals surface area contributed by atoms with Crippen molar-refractivity contribution in [1.29, 1.82) is 0 Å². The van der Waals surface area contributed by atoms with Gasteiger partial charge in [0, 0.05) is 23.1 Å². The van der Waals surface area contributed by atoms with Crippen LogP contribution in [0.15, 0.2) is 54.6 Å².